The van der Waals surface area contributed by atoms with E-state index in [-0.39, 0.29) is 37.8 Å². The zero-order valence-electron chi connectivity index (χ0n) is 29.7. The number of amides is 1. The van der Waals surface area contributed by atoms with Gasteiger partial charge in [-0.2, -0.15) is 8.42 Å². The lowest BCUT2D eigenvalue weighted by molar-refractivity contribution is -0.140. The van der Waals surface area contributed by atoms with E-state index < -0.39 is 81.4 Å². The first kappa shape index (κ1) is 42.5. The number of carbonyl (C=O) groups excluding carboxylic acids is 1. The highest BCUT2D eigenvalue weighted by atomic mass is 35.5. The number of aliphatic carboxylic acids is 3. The molecule has 23 heteroatoms. The number of ether oxygens (including phenoxy) is 1. The predicted octanol–water partition coefficient (Wildman–Crippen LogP) is 2.01. The summed E-state index contributed by atoms with van der Waals surface area (Å²) in [5.74, 6) is -6.62. The molecule has 4 heterocycles. The van der Waals surface area contributed by atoms with Crippen LogP contribution in [0.4, 0.5) is 5.69 Å². The van der Waals surface area contributed by atoms with Crippen LogP contribution < -0.4 is 25.2 Å². The van der Waals surface area contributed by atoms with E-state index in [1.807, 2.05) is 48.2 Å². The molecule has 2 aliphatic rings. The number of aromatic nitrogens is 2. The second-order valence-electron chi connectivity index (χ2n) is 12.7. The molecule has 1 fully saturated rings. The van der Waals surface area contributed by atoms with Crippen molar-refractivity contribution in [3.8, 4) is 0 Å². The summed E-state index contributed by atoms with van der Waals surface area (Å²) in [6.45, 7) is -0.882. The van der Waals surface area contributed by atoms with Crippen LogP contribution in [0, 0.1) is 16.1 Å². The van der Waals surface area contributed by atoms with Gasteiger partial charge in [0.1, 0.15) is 33.5 Å². The Morgan fingerprint density at radius 1 is 0.897 bits per heavy atom. The van der Waals surface area contributed by atoms with Gasteiger partial charge in [0.05, 0.1) is 21.0 Å². The maximum Gasteiger partial charge on any atom is 0.323 e. The van der Waals surface area contributed by atoms with E-state index in [0.29, 0.717) is 42.1 Å². The number of hydrogen-bond acceptors (Lipinski definition) is 14. The molecule has 6 rings (SSSR count). The maximum atomic E-state index is 14.2. The third kappa shape index (κ3) is 9.12. The summed E-state index contributed by atoms with van der Waals surface area (Å²) in [6, 6.07) is 12.7. The van der Waals surface area contributed by atoms with Gasteiger partial charge in [0.25, 0.3) is 26.4 Å². The quantitative estimate of drug-likeness (QED) is 0.111. The van der Waals surface area contributed by atoms with E-state index in [0.717, 1.165) is 31.9 Å². The molecule has 4 aromatic rings. The summed E-state index contributed by atoms with van der Waals surface area (Å²) in [5.41, 5.74) is 0.918. The Hall–Kier alpha value is -5.10. The summed E-state index contributed by atoms with van der Waals surface area (Å²) < 4.78 is 38.8. The monoisotopic (exact) mass is 908 g/mol. The van der Waals surface area contributed by atoms with Gasteiger partial charge in [-0.1, -0.05) is 53.7 Å². The van der Waals surface area contributed by atoms with Crippen LogP contribution in [-0.4, -0.2) is 90.2 Å². The second kappa shape index (κ2) is 17.0. The van der Waals surface area contributed by atoms with Gasteiger partial charge in [-0.25, -0.2) is 0 Å². The van der Waals surface area contributed by atoms with Crippen LogP contribution >= 0.6 is 58.3 Å². The molecule has 0 spiro atoms. The lowest BCUT2D eigenvalue weighted by atomic mass is 10.1. The normalized spacial score (nSPS) is 16.8. The first-order valence-electron chi connectivity index (χ1n) is 16.7. The summed E-state index contributed by atoms with van der Waals surface area (Å²) >= 11 is 14.1. The minimum atomic E-state index is -4.31. The largest absolute Gasteiger partial charge is 0.480 e. The van der Waals surface area contributed by atoms with Crippen molar-refractivity contribution in [3.63, 3.8) is 0 Å². The predicted molar refractivity (Wildman–Crippen MR) is 218 cm³/mol. The lowest BCUT2D eigenvalue weighted by Crippen LogP contribution is -2.35. The van der Waals surface area contributed by atoms with Crippen molar-refractivity contribution in [1.29, 1.82) is 0 Å². The van der Waals surface area contributed by atoms with Crippen molar-refractivity contribution in [2.75, 3.05) is 23.7 Å². The van der Waals surface area contributed by atoms with Gasteiger partial charge in [0.2, 0.25) is 5.76 Å². The van der Waals surface area contributed by atoms with Crippen LogP contribution in [0.15, 0.2) is 67.6 Å². The standard InChI is InChI=1S/C35H29ClN4O13S5/c1-17-10-22-21(13-20(17)36)37(8-5-9-58(50,51)52)32(55-22)19(11-18-6-3-2-4-7-18)12-23-29(47)38(14-24(41)42)34(56-23)28-31(49)39(15-25(43)44)33(57-28)27-30(48)40(16-26(45)46)35(54)53-27/h2-4,6-7,10,12-13H,5,8-9,11,14-16H2,1H3,(H,41,42)(H,43,44)(H,45,46)(H,50,51,52)/b23-12?,32-19+,33-27+,34-28+. The van der Waals surface area contributed by atoms with E-state index in [2.05, 4.69) is 0 Å². The van der Waals surface area contributed by atoms with Crippen LogP contribution in [0.3, 0.4) is 0 Å². The van der Waals surface area contributed by atoms with Crippen LogP contribution in [-0.2, 0) is 53.5 Å². The highest BCUT2D eigenvalue weighted by Crippen LogP contribution is 2.49. The number of aryl methyl sites for hydroxylation is 1. The van der Waals surface area contributed by atoms with Crippen molar-refractivity contribution in [1.82, 2.24) is 14.0 Å². The number of nitrogens with zero attached hydrogens (tertiary/aromatic N) is 4. The third-order valence-corrected chi connectivity index (χ3v) is 13.7. The average Bonchev–Trinajstić information content (AvgIpc) is 3.82. The van der Waals surface area contributed by atoms with E-state index >= 15 is 0 Å². The van der Waals surface area contributed by atoms with Gasteiger partial charge >= 0.3 is 23.8 Å². The van der Waals surface area contributed by atoms with Crippen LogP contribution in [0.2, 0.25) is 5.02 Å². The Morgan fingerprint density at radius 3 is 2.16 bits per heavy atom. The number of hydrogen-bond donors (Lipinski definition) is 4. The topological polar surface area (TPSA) is 243 Å². The smallest absolute Gasteiger partial charge is 0.323 e. The molecule has 4 N–H and O–H groups in total. The molecular weight excluding hydrogens is 880 g/mol. The van der Waals surface area contributed by atoms with Crippen molar-refractivity contribution in [3.05, 3.63) is 108 Å². The molecule has 0 bridgehead atoms. The number of allylic oxidation sites excluding steroid dienone is 1. The summed E-state index contributed by atoms with van der Waals surface area (Å²) in [4.78, 5) is 80.1. The Bertz CT molecular complexity index is 2920. The number of rotatable bonds is 13. The van der Waals surface area contributed by atoms with E-state index in [1.165, 1.54) is 17.8 Å². The van der Waals surface area contributed by atoms with Crippen LogP contribution in [0.25, 0.3) is 11.8 Å². The molecule has 2 aromatic carbocycles. The van der Waals surface area contributed by atoms with Gasteiger partial charge in [0.15, 0.2) is 0 Å². The molecule has 1 amide bonds. The van der Waals surface area contributed by atoms with Gasteiger partial charge in [-0.3, -0.25) is 47.4 Å². The Kier molecular flexibility index (Phi) is 12.5. The molecule has 58 heavy (non-hydrogen) atoms. The minimum Gasteiger partial charge on any atom is -0.480 e. The second-order valence-corrected chi connectivity index (χ2v) is 18.0. The number of carboxylic acids is 3. The molecule has 1 saturated heterocycles. The summed E-state index contributed by atoms with van der Waals surface area (Å²) in [5, 5.41) is 29.3. The zero-order valence-corrected chi connectivity index (χ0v) is 34.6. The number of carbonyl (C=O) groups is 4. The first-order valence-corrected chi connectivity index (χ1v) is 21.5. The zero-order chi connectivity index (χ0) is 42.2. The number of carboxylic acid groups (broad SMARTS) is 3. The molecule has 0 atom stereocenters. The molecule has 0 saturated carbocycles. The van der Waals surface area contributed by atoms with E-state index in [9.17, 15) is 57.1 Å². The minimum absolute atomic E-state index is 0.00829. The Morgan fingerprint density at radius 2 is 1.53 bits per heavy atom. The van der Waals surface area contributed by atoms with Gasteiger partial charge in [-0.15, -0.1) is 22.7 Å². The molecule has 0 unspecified atom stereocenters. The average molecular weight is 909 g/mol. The molecule has 17 nitrogen and oxygen atoms in total. The number of thioether (sulfide) groups is 1. The summed E-state index contributed by atoms with van der Waals surface area (Å²) in [6.07, 6.45) is 1.75. The lowest BCUT2D eigenvalue weighted by Gasteiger charge is -2.23. The fraction of sp³-hybridized carbons (Fsp3) is 0.229. The highest BCUT2D eigenvalue weighted by molar-refractivity contribution is 8.03. The fourth-order valence-electron chi connectivity index (χ4n) is 5.99. The van der Waals surface area contributed by atoms with Gasteiger partial charge in [0, 0.05) is 22.9 Å². The van der Waals surface area contributed by atoms with Crippen molar-refractivity contribution in [2.24, 2.45) is 0 Å². The van der Waals surface area contributed by atoms with Crippen molar-refractivity contribution >= 4 is 115 Å². The van der Waals surface area contributed by atoms with Crippen molar-refractivity contribution < 1.29 is 52.2 Å². The maximum absolute atomic E-state index is 14.2. The SMILES string of the molecule is Cc1cc2c(cc1Cl)N(CCCS(=O)(=O)O)/C(=C(\C=c1s/c(=c3/s/c(=C4/OC(=S)N(CC(=O)O)C4=O)n(CC(=O)O)c3=O)n(CC(=O)O)c1=O)Cc1ccccc1)S2. The van der Waals surface area contributed by atoms with Gasteiger partial charge in [-0.05, 0) is 60.5 Å². The molecule has 2 aromatic heterocycles. The number of thiazole rings is 2. The number of halogens is 1. The molecule has 2 aliphatic heterocycles. The Balaban J connectivity index is 1.66. The number of fused-ring (bicyclic) bond motifs is 1. The molecular formula is C35H29ClN4O13S5. The van der Waals surface area contributed by atoms with Crippen molar-refractivity contribution in [2.45, 2.75) is 37.8 Å². The van der Waals surface area contributed by atoms with Gasteiger partial charge < -0.3 is 25.0 Å². The molecule has 304 valence electrons. The summed E-state index contributed by atoms with van der Waals surface area (Å²) in [7, 11) is -4.31. The molecule has 0 aliphatic carbocycles. The third-order valence-electron chi connectivity index (χ3n) is 8.49. The molecule has 0 radical (unpaired) electrons. The highest BCUT2D eigenvalue weighted by Gasteiger charge is 2.37. The number of thiocarbonyl (C=S) groups is 1. The Labute approximate surface area is 349 Å². The van der Waals surface area contributed by atoms with E-state index in [1.54, 1.807) is 6.07 Å². The number of anilines is 1. The number of benzene rings is 2. The fourth-order valence-corrected chi connectivity index (χ4v) is 10.5. The van der Waals surface area contributed by atoms with E-state index in [4.69, 9.17) is 28.6 Å². The van der Waals surface area contributed by atoms with Crippen LogP contribution in [0.5, 0.6) is 0 Å². The van der Waals surface area contributed by atoms with Crippen LogP contribution in [0.1, 0.15) is 17.5 Å². The first-order chi connectivity index (χ1) is 27.3.